The molecule has 28 heavy (non-hydrogen) atoms. The van der Waals surface area contributed by atoms with E-state index in [1.807, 2.05) is 0 Å². The van der Waals surface area contributed by atoms with Gasteiger partial charge in [-0.1, -0.05) is 11.1 Å². The lowest BCUT2D eigenvalue weighted by Gasteiger charge is -2.51. The molecule has 0 aromatic heterocycles. The van der Waals surface area contributed by atoms with Gasteiger partial charge >= 0.3 is 11.9 Å². The van der Waals surface area contributed by atoms with E-state index in [9.17, 15) is 19.2 Å². The van der Waals surface area contributed by atoms with E-state index < -0.39 is 16.8 Å². The van der Waals surface area contributed by atoms with Crippen LogP contribution in [0.1, 0.15) is 25.7 Å². The topological polar surface area (TPSA) is 86.7 Å². The number of rotatable bonds is 2. The summed E-state index contributed by atoms with van der Waals surface area (Å²) < 4.78 is 10.7. The van der Waals surface area contributed by atoms with Gasteiger partial charge in [-0.15, -0.1) is 0 Å². The van der Waals surface area contributed by atoms with Crippen LogP contribution in [0, 0.1) is 46.3 Å². The predicted molar refractivity (Wildman–Crippen MR) is 92.4 cm³/mol. The van der Waals surface area contributed by atoms with Crippen molar-refractivity contribution in [1.82, 2.24) is 0 Å². The molecule has 2 unspecified atom stereocenters. The number of methoxy groups -OCH3 is 2. The van der Waals surface area contributed by atoms with Crippen molar-refractivity contribution in [3.05, 3.63) is 22.3 Å². The van der Waals surface area contributed by atoms with Crippen LogP contribution in [0.4, 0.5) is 0 Å². The first-order chi connectivity index (χ1) is 13.5. The molecule has 4 fully saturated rings. The summed E-state index contributed by atoms with van der Waals surface area (Å²) in [4.78, 5) is 52.6. The zero-order chi connectivity index (χ0) is 19.3. The Labute approximate surface area is 161 Å². The number of Topliss-reactive ketones (excluding diaryl/α,β-unsaturated/α-hetero) is 2. The number of esters is 2. The molecule has 8 bridgehead atoms. The van der Waals surface area contributed by atoms with Crippen molar-refractivity contribution >= 4 is 23.5 Å². The van der Waals surface area contributed by atoms with Crippen LogP contribution in [0.3, 0.4) is 0 Å². The highest BCUT2D eigenvalue weighted by Crippen LogP contribution is 2.95. The molecule has 0 radical (unpaired) electrons. The number of hydrogen-bond donors (Lipinski definition) is 0. The molecule has 4 saturated carbocycles. The molecule has 8 aliphatic carbocycles. The number of carbonyl (C=O) groups is 4. The summed E-state index contributed by atoms with van der Waals surface area (Å²) in [5.74, 6) is -1.17. The number of ketones is 2. The predicted octanol–water partition coefficient (Wildman–Crippen LogP) is 1.39. The molecule has 8 rings (SSSR count). The van der Waals surface area contributed by atoms with Crippen molar-refractivity contribution < 1.29 is 28.7 Å². The number of allylic oxidation sites excluding steroid dienone is 4. The summed E-state index contributed by atoms with van der Waals surface area (Å²) in [5, 5.41) is 0. The second-order valence-electron chi connectivity index (χ2n) is 9.51. The zero-order valence-corrected chi connectivity index (χ0v) is 15.7. The number of ether oxygens (including phenoxy) is 2. The van der Waals surface area contributed by atoms with E-state index in [2.05, 4.69) is 0 Å². The minimum absolute atomic E-state index is 0.0841. The fraction of sp³-hybridized carbons (Fsp3) is 0.636. The van der Waals surface area contributed by atoms with Gasteiger partial charge in [-0.2, -0.15) is 0 Å². The molecule has 0 heterocycles. The molecule has 8 aliphatic rings. The smallest absolute Gasteiger partial charge is 0.314 e. The van der Waals surface area contributed by atoms with Crippen LogP contribution in [0.15, 0.2) is 22.3 Å². The van der Waals surface area contributed by atoms with Crippen LogP contribution >= 0.6 is 0 Å². The van der Waals surface area contributed by atoms with Crippen molar-refractivity contribution in [3.8, 4) is 0 Å². The molecule has 8 atom stereocenters. The third-order valence-corrected chi connectivity index (χ3v) is 9.59. The lowest BCUT2D eigenvalue weighted by atomic mass is 9.48. The summed E-state index contributed by atoms with van der Waals surface area (Å²) in [6.45, 7) is 0. The summed E-state index contributed by atoms with van der Waals surface area (Å²) in [6.07, 6.45) is 2.31. The third kappa shape index (κ3) is 1.04. The van der Waals surface area contributed by atoms with Gasteiger partial charge in [-0.25, -0.2) is 0 Å². The Morgan fingerprint density at radius 1 is 0.714 bits per heavy atom. The molecule has 0 aromatic carbocycles. The monoisotopic (exact) mass is 380 g/mol. The van der Waals surface area contributed by atoms with Crippen LogP contribution < -0.4 is 0 Å². The van der Waals surface area contributed by atoms with Crippen LogP contribution in [0.2, 0.25) is 0 Å². The van der Waals surface area contributed by atoms with Crippen LogP contribution in [-0.2, 0) is 28.7 Å². The molecular weight excluding hydrogens is 360 g/mol. The highest BCUT2D eigenvalue weighted by atomic mass is 16.5. The van der Waals surface area contributed by atoms with Crippen molar-refractivity contribution in [3.63, 3.8) is 0 Å². The SMILES string of the molecule is COC(=O)C12[C@@H]3C4=C(C(=O)CC4)[C@@H]4[C@@H]3[C@@H]3[C@@H]1C1=C(C(=O)CC1)[C@@H]3C42C(=O)OC. The van der Waals surface area contributed by atoms with E-state index in [0.717, 1.165) is 22.3 Å². The van der Waals surface area contributed by atoms with E-state index in [0.29, 0.717) is 25.7 Å². The van der Waals surface area contributed by atoms with Gasteiger partial charge in [0.1, 0.15) is 0 Å². The van der Waals surface area contributed by atoms with Gasteiger partial charge in [0, 0.05) is 36.5 Å². The number of hydrogen-bond acceptors (Lipinski definition) is 6. The summed E-state index contributed by atoms with van der Waals surface area (Å²) in [7, 11) is 2.74. The minimum atomic E-state index is -1.14. The Kier molecular flexibility index (Phi) is 2.34. The van der Waals surface area contributed by atoms with Gasteiger partial charge < -0.3 is 9.47 Å². The Balaban J connectivity index is 1.60. The summed E-state index contributed by atoms with van der Waals surface area (Å²) >= 11 is 0. The lowest BCUT2D eigenvalue weighted by molar-refractivity contribution is -0.184. The normalized spacial score (nSPS) is 50.4. The highest BCUT2D eigenvalue weighted by molar-refractivity contribution is 6.10. The first-order valence-electron chi connectivity index (χ1n) is 10.2. The summed E-state index contributed by atoms with van der Waals surface area (Å²) in [6, 6.07) is 0. The van der Waals surface area contributed by atoms with Crippen molar-refractivity contribution in [2.45, 2.75) is 25.7 Å². The second kappa shape index (κ2) is 4.19. The fourth-order valence-corrected chi connectivity index (χ4v) is 9.73. The van der Waals surface area contributed by atoms with Crippen LogP contribution in [-0.4, -0.2) is 37.7 Å². The van der Waals surface area contributed by atoms with Crippen LogP contribution in [0.25, 0.3) is 0 Å². The first kappa shape index (κ1) is 15.7. The van der Waals surface area contributed by atoms with Gasteiger partial charge in [-0.05, 0) is 35.8 Å². The molecule has 6 heteroatoms. The van der Waals surface area contributed by atoms with Gasteiger partial charge in [0.05, 0.1) is 25.0 Å². The van der Waals surface area contributed by atoms with Gasteiger partial charge in [-0.3, -0.25) is 19.2 Å². The molecule has 0 aliphatic heterocycles. The Morgan fingerprint density at radius 2 is 1.11 bits per heavy atom. The van der Waals surface area contributed by atoms with Gasteiger partial charge in [0.15, 0.2) is 11.6 Å². The maximum absolute atomic E-state index is 13.5. The largest absolute Gasteiger partial charge is 0.469 e. The third-order valence-electron chi connectivity index (χ3n) is 9.59. The standard InChI is InChI=1S/C22H20O6/c1-27-19(25)21-15-7-3-5-9(23)11(7)17-13(15)14-16(21)8-4-6-10(24)12(8)18(14)22(17,21)20(26)28-2/h13-18H,3-6H2,1-2H3/t13-,14-,15-,16+,17-,18+,21?,22?/m1/s1. The van der Waals surface area contributed by atoms with Crippen molar-refractivity contribution in [1.29, 1.82) is 0 Å². The molecule has 0 spiro atoms. The zero-order valence-electron chi connectivity index (χ0n) is 15.7. The summed E-state index contributed by atoms with van der Waals surface area (Å²) in [5.41, 5.74) is 1.65. The highest BCUT2D eigenvalue weighted by Gasteiger charge is 2.98. The molecule has 0 aromatic rings. The van der Waals surface area contributed by atoms with Gasteiger partial charge in [0.2, 0.25) is 0 Å². The molecule has 0 saturated heterocycles. The first-order valence-corrected chi connectivity index (χ1v) is 10.2. The number of carbonyl (C=O) groups excluding carboxylic acids is 4. The Hall–Kier alpha value is -2.24. The maximum atomic E-state index is 13.5. The van der Waals surface area contributed by atoms with E-state index >= 15 is 0 Å². The molecule has 144 valence electrons. The van der Waals surface area contributed by atoms with Crippen molar-refractivity contribution in [2.75, 3.05) is 14.2 Å². The van der Waals surface area contributed by atoms with E-state index in [1.165, 1.54) is 14.2 Å². The van der Waals surface area contributed by atoms with E-state index in [4.69, 9.17) is 9.47 Å². The van der Waals surface area contributed by atoms with E-state index in [-0.39, 0.29) is 53.0 Å². The molecule has 0 amide bonds. The lowest BCUT2D eigenvalue weighted by Crippen LogP contribution is -2.61. The molecular formula is C22H20O6. The van der Waals surface area contributed by atoms with Gasteiger partial charge in [0.25, 0.3) is 0 Å². The van der Waals surface area contributed by atoms with E-state index in [1.54, 1.807) is 0 Å². The molecule has 6 nitrogen and oxygen atoms in total. The van der Waals surface area contributed by atoms with Crippen molar-refractivity contribution in [2.24, 2.45) is 46.3 Å². The minimum Gasteiger partial charge on any atom is -0.469 e. The Bertz CT molecular complexity index is 968. The maximum Gasteiger partial charge on any atom is 0.314 e. The quantitative estimate of drug-likeness (QED) is 0.673. The Morgan fingerprint density at radius 3 is 1.50 bits per heavy atom. The molecule has 0 N–H and O–H groups in total. The second-order valence-corrected chi connectivity index (χ2v) is 9.51. The average Bonchev–Trinajstić information content (AvgIpc) is 3.49. The fourth-order valence-electron chi connectivity index (χ4n) is 9.73. The average molecular weight is 380 g/mol. The van der Waals surface area contributed by atoms with Crippen LogP contribution in [0.5, 0.6) is 0 Å².